The fourth-order valence-electron chi connectivity index (χ4n) is 9.76. The molecule has 0 heterocycles. The normalized spacial score (nSPS) is 12.0. The van der Waals surface area contributed by atoms with Crippen LogP contribution in [0.25, 0.3) is 72.9 Å². The molecule has 0 fully saturated rings. The summed E-state index contributed by atoms with van der Waals surface area (Å²) in [6.07, 6.45) is 8.06. The van der Waals surface area contributed by atoms with Gasteiger partial charge in [0.1, 0.15) is 91.4 Å². The Morgan fingerprint density at radius 2 is 0.449 bits per heavy atom. The van der Waals surface area contributed by atoms with Crippen molar-refractivity contribution in [3.63, 3.8) is 0 Å². The molecule has 0 aliphatic carbocycles. The number of methoxy groups -OCH3 is 3. The highest BCUT2D eigenvalue weighted by Gasteiger charge is 2.31. The van der Waals surface area contributed by atoms with E-state index in [1.54, 1.807) is 106 Å². The van der Waals surface area contributed by atoms with E-state index < -0.39 is 35.2 Å². The molecule has 0 atom stereocenters. The average Bonchev–Trinajstić information content (AvgIpc) is 0.834. The molecule has 18 heteroatoms. The summed E-state index contributed by atoms with van der Waals surface area (Å²) >= 11 is 0. The molecule has 0 saturated heterocycles. The monoisotopic (exact) mass is 1340 g/mol. The van der Waals surface area contributed by atoms with Crippen molar-refractivity contribution in [3.8, 4) is 51.7 Å². The lowest BCUT2D eigenvalue weighted by molar-refractivity contribution is -0.138. The van der Waals surface area contributed by atoms with Gasteiger partial charge in [-0.3, -0.25) is 0 Å². The van der Waals surface area contributed by atoms with Gasteiger partial charge in [-0.15, -0.1) is 0 Å². The van der Waals surface area contributed by atoms with Crippen molar-refractivity contribution in [3.05, 3.63) is 279 Å². The summed E-state index contributed by atoms with van der Waals surface area (Å²) in [6, 6.07) is 47.4. The third-order valence-corrected chi connectivity index (χ3v) is 15.0. The van der Waals surface area contributed by atoms with Gasteiger partial charge in [0.2, 0.25) is 0 Å². The lowest BCUT2D eigenvalue weighted by Gasteiger charge is -2.16. The maximum absolute atomic E-state index is 13.1. The number of hydrogen-bond donors (Lipinski definition) is 0. The summed E-state index contributed by atoms with van der Waals surface area (Å²) in [4.78, 5) is 0. The molecule has 9 nitrogen and oxygen atoms in total. The molecule has 0 bridgehead atoms. The number of hydrogen-bond acceptors (Lipinski definition) is 9. The Labute approximate surface area is 562 Å². The summed E-state index contributed by atoms with van der Waals surface area (Å²) in [5, 5.41) is 0. The van der Waals surface area contributed by atoms with Crippen LogP contribution in [0.2, 0.25) is 0 Å². The Hall–Kier alpha value is -11.3. The van der Waals surface area contributed by atoms with Crippen LogP contribution in [0.5, 0.6) is 51.7 Å². The molecule has 0 spiro atoms. The summed E-state index contributed by atoms with van der Waals surface area (Å²) in [7, 11) is 4.67. The topological polar surface area (TPSA) is 83.1 Å². The first-order valence-electron chi connectivity index (χ1n) is 30.6. The molecule has 504 valence electrons. The van der Waals surface area contributed by atoms with Crippen LogP contribution in [-0.4, -0.2) is 61.0 Å². The van der Waals surface area contributed by atoms with Crippen LogP contribution in [0.15, 0.2) is 195 Å². The average molecular weight is 1340 g/mol. The van der Waals surface area contributed by atoms with Crippen molar-refractivity contribution >= 4 is 72.9 Å². The van der Waals surface area contributed by atoms with E-state index in [0.717, 1.165) is 53.1 Å². The molecule has 9 aromatic rings. The fraction of sp³-hybridized carbons (Fsp3) is 0.150. The number of halogens is 9. The minimum Gasteiger partial charge on any atom is -0.496 e. The molecule has 0 amide bonds. The number of alkyl halides is 9. The van der Waals surface area contributed by atoms with Gasteiger partial charge < -0.3 is 42.6 Å². The van der Waals surface area contributed by atoms with Crippen molar-refractivity contribution in [1.82, 2.24) is 0 Å². The lowest BCUT2D eigenvalue weighted by atomic mass is 10.0. The third kappa shape index (κ3) is 20.4. The molecule has 0 aliphatic heterocycles. The maximum Gasteiger partial charge on any atom is 0.416 e. The molecule has 9 aromatic carbocycles. The van der Waals surface area contributed by atoms with E-state index >= 15 is 0 Å². The largest absolute Gasteiger partial charge is 0.496 e. The molecule has 0 radical (unpaired) electrons. The van der Waals surface area contributed by atoms with Gasteiger partial charge >= 0.3 is 18.5 Å². The lowest BCUT2D eigenvalue weighted by Crippen LogP contribution is -2.10. The van der Waals surface area contributed by atoms with Crippen LogP contribution in [-0.2, 0) is 18.5 Å². The molecule has 0 N–H and O–H groups in total. The van der Waals surface area contributed by atoms with Crippen LogP contribution >= 0.6 is 0 Å². The van der Waals surface area contributed by atoms with Crippen LogP contribution in [0, 0.1) is 0 Å². The first-order valence-corrected chi connectivity index (χ1v) is 30.6. The molecule has 0 unspecified atom stereocenters. The number of benzene rings is 9. The Balaban J connectivity index is 0.902. The first kappa shape index (κ1) is 71.0. The fourth-order valence-corrected chi connectivity index (χ4v) is 9.76. The summed E-state index contributed by atoms with van der Waals surface area (Å²) in [5.74, 6) is 4.77. The van der Waals surface area contributed by atoms with Crippen molar-refractivity contribution in [1.29, 1.82) is 0 Å². The van der Waals surface area contributed by atoms with E-state index in [4.69, 9.17) is 42.6 Å². The van der Waals surface area contributed by atoms with E-state index in [1.165, 1.54) is 36.4 Å². The van der Waals surface area contributed by atoms with Crippen LogP contribution in [0.3, 0.4) is 0 Å². The third-order valence-electron chi connectivity index (χ3n) is 15.0. The van der Waals surface area contributed by atoms with Gasteiger partial charge in [-0.2, -0.15) is 39.5 Å². The van der Waals surface area contributed by atoms with Crippen molar-refractivity contribution in [2.45, 2.75) is 18.5 Å². The second kappa shape index (κ2) is 33.4. The zero-order chi connectivity index (χ0) is 69.7. The van der Waals surface area contributed by atoms with Crippen molar-refractivity contribution in [2.24, 2.45) is 0 Å². The Bertz CT molecular complexity index is 4280. The number of rotatable bonds is 30. The van der Waals surface area contributed by atoms with Gasteiger partial charge in [-0.1, -0.05) is 159 Å². The van der Waals surface area contributed by atoms with E-state index in [-0.39, 0.29) is 39.6 Å². The quantitative estimate of drug-likeness (QED) is 0.0248. The van der Waals surface area contributed by atoms with E-state index in [1.807, 2.05) is 97.1 Å². The zero-order valence-corrected chi connectivity index (χ0v) is 53.5. The van der Waals surface area contributed by atoms with Gasteiger partial charge in [-0.25, -0.2) is 0 Å². The molecule has 9 rings (SSSR count). The van der Waals surface area contributed by atoms with Gasteiger partial charge in [0.05, 0.1) is 38.0 Å². The van der Waals surface area contributed by atoms with E-state index in [9.17, 15) is 39.5 Å². The van der Waals surface area contributed by atoms with Gasteiger partial charge in [0.15, 0.2) is 0 Å². The van der Waals surface area contributed by atoms with Crippen molar-refractivity contribution < 1.29 is 82.1 Å². The second-order valence-corrected chi connectivity index (χ2v) is 21.6. The van der Waals surface area contributed by atoms with Gasteiger partial charge in [0.25, 0.3) is 0 Å². The predicted molar refractivity (Wildman–Crippen MR) is 370 cm³/mol. The molecule has 0 saturated carbocycles. The van der Waals surface area contributed by atoms with Crippen molar-refractivity contribution in [2.75, 3.05) is 61.0 Å². The van der Waals surface area contributed by atoms with Crippen LogP contribution in [0.1, 0.15) is 83.5 Å². The van der Waals surface area contributed by atoms with E-state index in [0.29, 0.717) is 102 Å². The molecule has 0 aromatic heterocycles. The minimum atomic E-state index is -4.42. The Morgan fingerprint density at radius 1 is 0.255 bits per heavy atom. The smallest absolute Gasteiger partial charge is 0.416 e. The highest BCUT2D eigenvalue weighted by atomic mass is 19.4. The minimum absolute atomic E-state index is 0.101. The molecule has 98 heavy (non-hydrogen) atoms. The van der Waals surface area contributed by atoms with Gasteiger partial charge in [-0.05, 0) is 143 Å². The highest BCUT2D eigenvalue weighted by Crippen LogP contribution is 2.38. The maximum atomic E-state index is 13.1. The van der Waals surface area contributed by atoms with Gasteiger partial charge in [0, 0.05) is 33.4 Å². The second-order valence-electron chi connectivity index (χ2n) is 21.6. The predicted octanol–water partition coefficient (Wildman–Crippen LogP) is 21.3. The highest BCUT2D eigenvalue weighted by molar-refractivity contribution is 5.83. The standard InChI is InChI=1S/C80H67F9O9/c1-6-60-49-76(97-46-43-94-70-38-22-58(23-39-70)12-9-55-16-32-67(33-17-55)79(84,85)86)64(50-72(60)90-3)28-27-63-53-77(98-47-44-95-71-40-24-59(25-41-71)13-10-56-18-34-68(35-19-56)80(87,88)89)65(51-74(63)92-5)29-26-62-52-75(61(7-2)48-73(62)91-4)96-45-42-93-69-36-20-57(21-37-69)11-8-54-14-30-66(31-15-54)78(81,82)83/h6-41,48-53H,1-2,42-47H2,3-5H3/b11-8+,12-9+,13-10+,28-27+,29-26+. The molecular weight excluding hydrogens is 1280 g/mol. The zero-order valence-electron chi connectivity index (χ0n) is 53.5. The molecular formula is C80H67F9O9. The first-order chi connectivity index (χ1) is 47.2. The van der Waals surface area contributed by atoms with Crippen LogP contribution < -0.4 is 42.6 Å². The summed E-state index contributed by atoms with van der Waals surface area (Å²) in [6.45, 7) is 8.88. The SMILES string of the molecule is C=Cc1cc(OCCOc2ccc(/C=C/c3ccc(C(F)(F)F)cc3)cc2)c(/C=C/c2cc(OCCOc3ccc(/C=C/c4ccc(C(F)(F)F)cc4)cc3)c(/C=C/c3cc(OCCOc4ccc(/C=C/c5ccc(C(F)(F)F)cc5)cc4)c(C=C)cc3OC)cc2OC)cc1OC. The Morgan fingerprint density at radius 3 is 0.704 bits per heavy atom. The summed E-state index contributed by atoms with van der Waals surface area (Å²) < 4.78 is 172. The molecule has 0 aliphatic rings. The Kier molecular flexibility index (Phi) is 24.2. The summed E-state index contributed by atoms with van der Waals surface area (Å²) in [5.41, 5.74) is 6.09. The number of ether oxygens (including phenoxy) is 9. The van der Waals surface area contributed by atoms with Crippen LogP contribution in [0.4, 0.5) is 39.5 Å². The van der Waals surface area contributed by atoms with E-state index in [2.05, 4.69) is 13.2 Å².